The van der Waals surface area contributed by atoms with Crippen LogP contribution in [0.1, 0.15) is 67.9 Å². The molecule has 1 aliphatic rings. The summed E-state index contributed by atoms with van der Waals surface area (Å²) in [6.07, 6.45) is 0.891. The molecule has 0 aliphatic carbocycles. The molecule has 1 saturated heterocycles. The highest BCUT2D eigenvalue weighted by Crippen LogP contribution is 2.32. The maximum atomic E-state index is 13.3. The van der Waals surface area contributed by atoms with Crippen molar-refractivity contribution < 1.29 is 9.59 Å². The molecule has 40 heavy (non-hydrogen) atoms. The monoisotopic (exact) mass is 530 g/mol. The van der Waals surface area contributed by atoms with Crippen LogP contribution in [-0.4, -0.2) is 47.5 Å². The minimum Gasteiger partial charge on any atom is -0.294 e. The Balaban J connectivity index is 1.34. The molecule has 0 amide bonds. The predicted octanol–water partition coefficient (Wildman–Crippen LogP) is 7.25. The minimum atomic E-state index is 0.0132. The number of nitrogens with zero attached hydrogens (tertiary/aromatic N) is 2. The van der Waals surface area contributed by atoms with Gasteiger partial charge in [0.1, 0.15) is 0 Å². The van der Waals surface area contributed by atoms with Crippen LogP contribution >= 0.6 is 0 Å². The second-order valence-corrected chi connectivity index (χ2v) is 10.9. The first-order valence-corrected chi connectivity index (χ1v) is 14.3. The SMILES string of the molecule is Cc1ccc([C@@H](CC(=O)c2ccccc2)N2CCN([C@H](CC(=O)c3ccccc3)c3ccc(C)cc3)CC2)cc1. The number of rotatable bonds is 10. The van der Waals surface area contributed by atoms with Crippen molar-refractivity contribution in [1.82, 2.24) is 9.80 Å². The lowest BCUT2D eigenvalue weighted by Crippen LogP contribution is -2.49. The van der Waals surface area contributed by atoms with Crippen LogP contribution in [0.2, 0.25) is 0 Å². The Bertz CT molecular complexity index is 1280. The van der Waals surface area contributed by atoms with Crippen LogP contribution < -0.4 is 0 Å². The van der Waals surface area contributed by atoms with Crippen molar-refractivity contribution in [2.45, 2.75) is 38.8 Å². The van der Waals surface area contributed by atoms with E-state index in [2.05, 4.69) is 72.2 Å². The van der Waals surface area contributed by atoms with Crippen molar-refractivity contribution in [2.75, 3.05) is 26.2 Å². The van der Waals surface area contributed by atoms with E-state index in [0.29, 0.717) is 12.8 Å². The molecular weight excluding hydrogens is 492 g/mol. The fourth-order valence-corrected chi connectivity index (χ4v) is 5.69. The van der Waals surface area contributed by atoms with E-state index in [1.54, 1.807) is 0 Å². The summed E-state index contributed by atoms with van der Waals surface area (Å²) >= 11 is 0. The molecule has 2 atom stereocenters. The number of aryl methyl sites for hydroxylation is 2. The zero-order chi connectivity index (χ0) is 27.9. The van der Waals surface area contributed by atoms with Gasteiger partial charge in [0.05, 0.1) is 0 Å². The van der Waals surface area contributed by atoms with Crippen LogP contribution in [0.4, 0.5) is 0 Å². The Labute approximate surface area is 238 Å². The summed E-state index contributed by atoms with van der Waals surface area (Å²) in [5, 5.41) is 0. The van der Waals surface area contributed by atoms with E-state index in [1.807, 2.05) is 60.7 Å². The Morgan fingerprint density at radius 2 is 0.850 bits per heavy atom. The van der Waals surface area contributed by atoms with Gasteiger partial charge in [-0.05, 0) is 25.0 Å². The fraction of sp³-hybridized carbons (Fsp3) is 0.278. The number of piperazine rings is 1. The Kier molecular flexibility index (Phi) is 9.00. The van der Waals surface area contributed by atoms with Gasteiger partial charge in [0.15, 0.2) is 11.6 Å². The van der Waals surface area contributed by atoms with Crippen molar-refractivity contribution in [2.24, 2.45) is 0 Å². The van der Waals surface area contributed by atoms with Gasteiger partial charge >= 0.3 is 0 Å². The molecule has 0 N–H and O–H groups in total. The molecule has 0 aromatic heterocycles. The summed E-state index contributed by atoms with van der Waals surface area (Å²) in [6.45, 7) is 7.53. The van der Waals surface area contributed by atoms with E-state index in [0.717, 1.165) is 37.3 Å². The van der Waals surface area contributed by atoms with Gasteiger partial charge in [0.2, 0.25) is 0 Å². The maximum absolute atomic E-state index is 13.3. The van der Waals surface area contributed by atoms with E-state index in [1.165, 1.54) is 22.3 Å². The van der Waals surface area contributed by atoms with Crippen LogP contribution in [0.5, 0.6) is 0 Å². The van der Waals surface area contributed by atoms with Crippen LogP contribution in [0.15, 0.2) is 109 Å². The van der Waals surface area contributed by atoms with Gasteiger partial charge in [-0.15, -0.1) is 0 Å². The first kappa shape index (κ1) is 27.7. The average Bonchev–Trinajstić information content (AvgIpc) is 3.00. The minimum absolute atomic E-state index is 0.0132. The maximum Gasteiger partial charge on any atom is 0.164 e. The topological polar surface area (TPSA) is 40.6 Å². The highest BCUT2D eigenvalue weighted by Gasteiger charge is 2.31. The number of carbonyl (C=O) groups excluding carboxylic acids is 2. The van der Waals surface area contributed by atoms with Gasteiger partial charge in [0.25, 0.3) is 0 Å². The molecule has 0 unspecified atom stereocenters. The van der Waals surface area contributed by atoms with Crippen LogP contribution in [0, 0.1) is 13.8 Å². The van der Waals surface area contributed by atoms with E-state index >= 15 is 0 Å². The highest BCUT2D eigenvalue weighted by molar-refractivity contribution is 5.97. The van der Waals surface area contributed by atoms with Gasteiger partial charge in [-0.1, -0.05) is 120 Å². The number of hydrogen-bond acceptors (Lipinski definition) is 4. The van der Waals surface area contributed by atoms with Gasteiger partial charge in [-0.3, -0.25) is 19.4 Å². The smallest absolute Gasteiger partial charge is 0.164 e. The number of benzene rings is 4. The van der Waals surface area contributed by atoms with E-state index in [9.17, 15) is 9.59 Å². The molecule has 204 valence electrons. The number of ketones is 2. The second kappa shape index (κ2) is 13.0. The Morgan fingerprint density at radius 3 is 1.18 bits per heavy atom. The quantitative estimate of drug-likeness (QED) is 0.203. The van der Waals surface area contributed by atoms with Crippen LogP contribution in [0.3, 0.4) is 0 Å². The predicted molar refractivity (Wildman–Crippen MR) is 162 cm³/mol. The van der Waals surface area contributed by atoms with Crippen molar-refractivity contribution in [3.8, 4) is 0 Å². The number of hydrogen-bond donors (Lipinski definition) is 0. The first-order chi connectivity index (χ1) is 19.5. The summed E-state index contributed by atoms with van der Waals surface area (Å²) < 4.78 is 0. The van der Waals surface area contributed by atoms with E-state index in [-0.39, 0.29) is 23.7 Å². The Morgan fingerprint density at radius 1 is 0.525 bits per heavy atom. The molecular formula is C36H38N2O2. The molecule has 1 heterocycles. The van der Waals surface area contributed by atoms with Crippen molar-refractivity contribution in [1.29, 1.82) is 0 Å². The third-order valence-electron chi connectivity index (χ3n) is 8.10. The molecule has 0 radical (unpaired) electrons. The molecule has 4 nitrogen and oxygen atoms in total. The normalized spacial score (nSPS) is 15.8. The molecule has 4 heteroatoms. The molecule has 0 saturated carbocycles. The summed E-state index contributed by atoms with van der Waals surface area (Å²) in [4.78, 5) is 31.5. The largest absolute Gasteiger partial charge is 0.294 e. The lowest BCUT2D eigenvalue weighted by Gasteiger charge is -2.42. The molecule has 4 aromatic rings. The lowest BCUT2D eigenvalue weighted by atomic mass is 9.93. The summed E-state index contributed by atoms with van der Waals surface area (Å²) in [7, 11) is 0. The summed E-state index contributed by atoms with van der Waals surface area (Å²) in [5.74, 6) is 0.333. The standard InChI is InChI=1S/C36H38N2O2/c1-27-13-17-29(18-14-27)33(25-35(39)31-9-5-3-6-10-31)37-21-23-38(24-22-37)34(30-19-15-28(2)16-20-30)26-36(40)32-11-7-4-8-12-32/h3-20,33-34H,21-26H2,1-2H3/t33-,34-/m1/s1. The van der Waals surface area contributed by atoms with E-state index < -0.39 is 0 Å². The van der Waals surface area contributed by atoms with Crippen molar-refractivity contribution in [3.05, 3.63) is 143 Å². The van der Waals surface area contributed by atoms with E-state index in [4.69, 9.17) is 0 Å². The molecule has 5 rings (SSSR count). The third-order valence-corrected chi connectivity index (χ3v) is 8.10. The van der Waals surface area contributed by atoms with Gasteiger partial charge in [0, 0.05) is 62.2 Å². The van der Waals surface area contributed by atoms with Gasteiger partial charge < -0.3 is 0 Å². The fourth-order valence-electron chi connectivity index (χ4n) is 5.69. The molecule has 4 aromatic carbocycles. The van der Waals surface area contributed by atoms with Crippen molar-refractivity contribution >= 4 is 11.6 Å². The van der Waals surface area contributed by atoms with Gasteiger partial charge in [-0.2, -0.15) is 0 Å². The second-order valence-electron chi connectivity index (χ2n) is 10.9. The van der Waals surface area contributed by atoms with Crippen LogP contribution in [0.25, 0.3) is 0 Å². The molecule has 1 fully saturated rings. The highest BCUT2D eigenvalue weighted by atomic mass is 16.1. The summed E-state index contributed by atoms with van der Waals surface area (Å²) in [6, 6.07) is 36.4. The average molecular weight is 531 g/mol. The van der Waals surface area contributed by atoms with Crippen LogP contribution in [-0.2, 0) is 0 Å². The zero-order valence-electron chi connectivity index (χ0n) is 23.5. The number of Topliss-reactive ketones (excluding diaryl/α,β-unsaturated/α-hetero) is 2. The zero-order valence-corrected chi connectivity index (χ0v) is 23.5. The Hall–Kier alpha value is -3.86. The lowest BCUT2D eigenvalue weighted by molar-refractivity contribution is 0.0557. The third kappa shape index (κ3) is 6.82. The summed E-state index contributed by atoms with van der Waals surface area (Å²) in [5.41, 5.74) is 6.31. The van der Waals surface area contributed by atoms with Crippen molar-refractivity contribution in [3.63, 3.8) is 0 Å². The molecule has 0 spiro atoms. The molecule has 1 aliphatic heterocycles. The number of carbonyl (C=O) groups is 2. The first-order valence-electron chi connectivity index (χ1n) is 14.3. The molecule has 0 bridgehead atoms. The van der Waals surface area contributed by atoms with Gasteiger partial charge in [-0.25, -0.2) is 0 Å².